The zero-order valence-corrected chi connectivity index (χ0v) is 16.2. The predicted octanol–water partition coefficient (Wildman–Crippen LogP) is 5.74. The number of methoxy groups -OCH3 is 1. The van der Waals surface area contributed by atoms with E-state index in [-0.39, 0.29) is 5.91 Å². The van der Waals surface area contributed by atoms with Gasteiger partial charge < -0.3 is 14.8 Å². The van der Waals surface area contributed by atoms with Crippen LogP contribution >= 0.6 is 11.3 Å². The van der Waals surface area contributed by atoms with E-state index in [9.17, 15) is 4.79 Å². The molecular formula is C23H19NO3S. The maximum absolute atomic E-state index is 12.5. The Bertz CT molecular complexity index is 1120. The lowest BCUT2D eigenvalue weighted by Crippen LogP contribution is -2.11. The number of para-hydroxylation sites is 2. The van der Waals surface area contributed by atoms with Crippen LogP contribution in [0.4, 0.5) is 5.69 Å². The summed E-state index contributed by atoms with van der Waals surface area (Å²) < 4.78 is 11.2. The second-order valence-electron chi connectivity index (χ2n) is 6.27. The van der Waals surface area contributed by atoms with Crippen molar-refractivity contribution in [3.63, 3.8) is 0 Å². The molecule has 0 unspecified atom stereocenters. The Morgan fingerprint density at radius 2 is 1.75 bits per heavy atom. The van der Waals surface area contributed by atoms with Crippen molar-refractivity contribution >= 4 is 33.7 Å². The van der Waals surface area contributed by atoms with Gasteiger partial charge in [0.25, 0.3) is 5.91 Å². The molecule has 1 aromatic heterocycles. The lowest BCUT2D eigenvalue weighted by molar-refractivity contribution is 0.103. The van der Waals surface area contributed by atoms with Gasteiger partial charge in [0.15, 0.2) is 0 Å². The quantitative estimate of drug-likeness (QED) is 0.457. The van der Waals surface area contributed by atoms with E-state index in [1.165, 1.54) is 16.7 Å². The lowest BCUT2D eigenvalue weighted by atomic mass is 10.1. The fourth-order valence-corrected chi connectivity index (χ4v) is 3.72. The summed E-state index contributed by atoms with van der Waals surface area (Å²) in [6.45, 7) is 0.413. The molecule has 0 atom stereocenters. The second-order valence-corrected chi connectivity index (χ2v) is 7.18. The lowest BCUT2D eigenvalue weighted by Gasteiger charge is -2.08. The number of rotatable bonds is 6. The van der Waals surface area contributed by atoms with Crippen molar-refractivity contribution in [3.8, 4) is 11.5 Å². The van der Waals surface area contributed by atoms with Crippen LogP contribution in [0.25, 0.3) is 10.8 Å². The summed E-state index contributed by atoms with van der Waals surface area (Å²) in [4.78, 5) is 13.1. The number of hydrogen-bond acceptors (Lipinski definition) is 4. The zero-order valence-electron chi connectivity index (χ0n) is 15.3. The monoisotopic (exact) mass is 389 g/mol. The van der Waals surface area contributed by atoms with Crippen molar-refractivity contribution < 1.29 is 14.3 Å². The number of ether oxygens (including phenoxy) is 2. The Hall–Kier alpha value is -3.31. The maximum Gasteiger partial charge on any atom is 0.265 e. The molecule has 0 saturated carbocycles. The number of anilines is 1. The van der Waals surface area contributed by atoms with Gasteiger partial charge in [0, 0.05) is 5.56 Å². The molecule has 0 spiro atoms. The van der Waals surface area contributed by atoms with Crippen LogP contribution in [0.2, 0.25) is 0 Å². The Morgan fingerprint density at radius 1 is 0.964 bits per heavy atom. The average Bonchev–Trinajstić information content (AvgIpc) is 3.22. The molecule has 0 fully saturated rings. The smallest absolute Gasteiger partial charge is 0.265 e. The van der Waals surface area contributed by atoms with Crippen LogP contribution in [-0.2, 0) is 6.61 Å². The molecule has 1 amide bonds. The highest BCUT2D eigenvalue weighted by atomic mass is 32.1. The molecule has 0 aliphatic heterocycles. The minimum absolute atomic E-state index is 0.161. The van der Waals surface area contributed by atoms with Crippen LogP contribution in [0.1, 0.15) is 15.2 Å². The minimum atomic E-state index is -0.161. The molecular weight excluding hydrogens is 370 g/mol. The van der Waals surface area contributed by atoms with Crippen LogP contribution in [0.5, 0.6) is 11.5 Å². The molecule has 4 rings (SSSR count). The Morgan fingerprint density at radius 3 is 2.61 bits per heavy atom. The van der Waals surface area contributed by atoms with E-state index in [1.807, 2.05) is 66.0 Å². The fraction of sp³-hybridized carbons (Fsp3) is 0.0870. The van der Waals surface area contributed by atoms with Crippen LogP contribution in [-0.4, -0.2) is 13.0 Å². The number of amides is 1. The first kappa shape index (κ1) is 18.1. The molecule has 4 aromatic rings. The van der Waals surface area contributed by atoms with Gasteiger partial charge in [0.2, 0.25) is 0 Å². The topological polar surface area (TPSA) is 47.6 Å². The Kier molecular flexibility index (Phi) is 5.26. The van der Waals surface area contributed by atoms with Crippen LogP contribution in [0.15, 0.2) is 78.2 Å². The van der Waals surface area contributed by atoms with E-state index in [0.29, 0.717) is 22.9 Å². The predicted molar refractivity (Wildman–Crippen MR) is 114 cm³/mol. The molecule has 0 radical (unpaired) electrons. The first-order valence-corrected chi connectivity index (χ1v) is 9.74. The normalized spacial score (nSPS) is 10.6. The fourth-order valence-electron chi connectivity index (χ4n) is 2.93. The molecule has 1 heterocycles. The molecule has 5 heteroatoms. The average molecular weight is 389 g/mol. The van der Waals surface area contributed by atoms with Gasteiger partial charge in [0.05, 0.1) is 17.7 Å². The van der Waals surface area contributed by atoms with E-state index < -0.39 is 0 Å². The van der Waals surface area contributed by atoms with Crippen molar-refractivity contribution in [1.29, 1.82) is 0 Å². The Balaban J connectivity index is 1.41. The number of hydrogen-bond donors (Lipinski definition) is 1. The van der Waals surface area contributed by atoms with E-state index >= 15 is 0 Å². The van der Waals surface area contributed by atoms with Crippen LogP contribution in [0.3, 0.4) is 0 Å². The summed E-state index contributed by atoms with van der Waals surface area (Å²) >= 11 is 1.40. The summed E-state index contributed by atoms with van der Waals surface area (Å²) in [7, 11) is 1.58. The SMILES string of the molecule is COc1ccccc1NC(=O)c1cc(COc2ccc3ccccc3c2)cs1. The summed E-state index contributed by atoms with van der Waals surface area (Å²) in [5.74, 6) is 1.28. The molecule has 0 saturated heterocycles. The van der Waals surface area contributed by atoms with Gasteiger partial charge in [-0.2, -0.15) is 0 Å². The molecule has 3 aromatic carbocycles. The number of nitrogens with one attached hydrogen (secondary N) is 1. The van der Waals surface area contributed by atoms with E-state index in [2.05, 4.69) is 17.4 Å². The molecule has 4 nitrogen and oxygen atoms in total. The van der Waals surface area contributed by atoms with Gasteiger partial charge in [-0.1, -0.05) is 42.5 Å². The van der Waals surface area contributed by atoms with Gasteiger partial charge in [-0.15, -0.1) is 11.3 Å². The highest BCUT2D eigenvalue weighted by molar-refractivity contribution is 7.12. The third-order valence-electron chi connectivity index (χ3n) is 4.36. The minimum Gasteiger partial charge on any atom is -0.495 e. The number of fused-ring (bicyclic) bond motifs is 1. The van der Waals surface area contributed by atoms with Gasteiger partial charge in [-0.05, 0) is 46.5 Å². The van der Waals surface area contributed by atoms with Gasteiger partial charge in [-0.25, -0.2) is 0 Å². The molecule has 0 bridgehead atoms. The number of benzene rings is 3. The summed E-state index contributed by atoms with van der Waals surface area (Å²) in [5.41, 5.74) is 1.61. The summed E-state index contributed by atoms with van der Waals surface area (Å²) in [5, 5.41) is 7.16. The third-order valence-corrected chi connectivity index (χ3v) is 5.34. The molecule has 28 heavy (non-hydrogen) atoms. The first-order valence-electron chi connectivity index (χ1n) is 8.86. The molecule has 0 aliphatic carbocycles. The van der Waals surface area contributed by atoms with Gasteiger partial charge >= 0.3 is 0 Å². The van der Waals surface area contributed by atoms with E-state index in [1.54, 1.807) is 7.11 Å². The number of carbonyl (C=O) groups is 1. The van der Waals surface area contributed by atoms with Crippen molar-refractivity contribution in [3.05, 3.63) is 88.6 Å². The molecule has 1 N–H and O–H groups in total. The highest BCUT2D eigenvalue weighted by Gasteiger charge is 2.12. The Labute approximate surface area is 167 Å². The molecule has 140 valence electrons. The summed E-state index contributed by atoms with van der Waals surface area (Å²) in [6.07, 6.45) is 0. The molecule has 0 aliphatic rings. The third kappa shape index (κ3) is 4.00. The van der Waals surface area contributed by atoms with Crippen LogP contribution < -0.4 is 14.8 Å². The van der Waals surface area contributed by atoms with Crippen molar-refractivity contribution in [2.45, 2.75) is 6.61 Å². The van der Waals surface area contributed by atoms with E-state index in [0.717, 1.165) is 16.7 Å². The van der Waals surface area contributed by atoms with Gasteiger partial charge in [0.1, 0.15) is 18.1 Å². The van der Waals surface area contributed by atoms with Crippen LogP contribution in [0, 0.1) is 0 Å². The van der Waals surface area contributed by atoms with Gasteiger partial charge in [-0.3, -0.25) is 4.79 Å². The van der Waals surface area contributed by atoms with Crippen molar-refractivity contribution in [2.75, 3.05) is 12.4 Å². The van der Waals surface area contributed by atoms with E-state index in [4.69, 9.17) is 9.47 Å². The van der Waals surface area contributed by atoms with Crippen molar-refractivity contribution in [1.82, 2.24) is 0 Å². The highest BCUT2D eigenvalue weighted by Crippen LogP contribution is 2.26. The number of thiophene rings is 1. The largest absolute Gasteiger partial charge is 0.495 e. The summed E-state index contributed by atoms with van der Waals surface area (Å²) in [6, 6.07) is 23.4. The van der Waals surface area contributed by atoms with Crippen molar-refractivity contribution in [2.24, 2.45) is 0 Å². The second kappa shape index (κ2) is 8.15. The maximum atomic E-state index is 12.5. The number of carbonyl (C=O) groups excluding carboxylic acids is 1. The standard InChI is InChI=1S/C23H19NO3S/c1-26-21-9-5-4-8-20(21)24-23(25)22-12-16(15-28-22)14-27-19-11-10-17-6-2-3-7-18(17)13-19/h2-13,15H,14H2,1H3,(H,24,25). The first-order chi connectivity index (χ1) is 13.7. The zero-order chi connectivity index (χ0) is 19.3.